The molecule has 2 aromatic rings. The second-order valence-electron chi connectivity index (χ2n) is 4.30. The van der Waals surface area contributed by atoms with Crippen LogP contribution in [0.2, 0.25) is 0 Å². The summed E-state index contributed by atoms with van der Waals surface area (Å²) in [4.78, 5) is 4.22. The second kappa shape index (κ2) is 5.10. The van der Waals surface area contributed by atoms with Gasteiger partial charge in [-0.25, -0.2) is 4.98 Å². The van der Waals surface area contributed by atoms with Crippen LogP contribution in [-0.2, 0) is 13.6 Å². The van der Waals surface area contributed by atoms with Gasteiger partial charge in [0.1, 0.15) is 17.3 Å². The highest BCUT2D eigenvalue weighted by atomic mass is 16.3. The Hall–Kier alpha value is -2.01. The molecule has 0 radical (unpaired) electrons. The molecule has 1 unspecified atom stereocenters. The number of hydrogen-bond donors (Lipinski definition) is 3. The van der Waals surface area contributed by atoms with Crippen molar-refractivity contribution in [1.82, 2.24) is 14.9 Å². The van der Waals surface area contributed by atoms with Crippen molar-refractivity contribution in [2.24, 2.45) is 7.05 Å². The molecule has 5 nitrogen and oxygen atoms in total. The quantitative estimate of drug-likeness (QED) is 0.768. The normalized spacial score (nSPS) is 12.6. The molecule has 18 heavy (non-hydrogen) atoms. The molecule has 0 bridgehead atoms. The minimum atomic E-state index is -0.0256. The fourth-order valence-corrected chi connectivity index (χ4v) is 1.82. The first kappa shape index (κ1) is 12.4. The molecule has 2 rings (SSSR count). The van der Waals surface area contributed by atoms with E-state index in [9.17, 15) is 10.2 Å². The second-order valence-corrected chi connectivity index (χ2v) is 4.30. The van der Waals surface area contributed by atoms with Gasteiger partial charge in [-0.2, -0.15) is 0 Å². The highest BCUT2D eigenvalue weighted by Gasteiger charge is 2.11. The third kappa shape index (κ3) is 2.62. The van der Waals surface area contributed by atoms with Crippen LogP contribution in [0.25, 0.3) is 0 Å². The molecule has 0 amide bonds. The Morgan fingerprint density at radius 1 is 1.39 bits per heavy atom. The van der Waals surface area contributed by atoms with Crippen molar-refractivity contribution in [1.29, 1.82) is 0 Å². The van der Waals surface area contributed by atoms with Crippen molar-refractivity contribution in [3.63, 3.8) is 0 Å². The lowest BCUT2D eigenvalue weighted by Gasteiger charge is -2.15. The van der Waals surface area contributed by atoms with E-state index < -0.39 is 0 Å². The fraction of sp³-hybridized carbons (Fsp3) is 0.308. The fourth-order valence-electron chi connectivity index (χ4n) is 1.82. The number of aromatic nitrogens is 2. The van der Waals surface area contributed by atoms with Crippen molar-refractivity contribution in [3.8, 4) is 11.5 Å². The van der Waals surface area contributed by atoms with E-state index in [1.54, 1.807) is 18.3 Å². The number of hydrogen-bond acceptors (Lipinski definition) is 4. The molecule has 0 spiro atoms. The summed E-state index contributed by atoms with van der Waals surface area (Å²) in [5.41, 5.74) is 0.752. The Kier molecular flexibility index (Phi) is 3.53. The van der Waals surface area contributed by atoms with Crippen LogP contribution in [0.1, 0.15) is 24.4 Å². The highest BCUT2D eigenvalue weighted by Crippen LogP contribution is 2.27. The number of rotatable bonds is 4. The Labute approximate surface area is 106 Å². The molecule has 0 aliphatic heterocycles. The number of phenolic OH excluding ortho intramolecular Hbond substituents is 2. The van der Waals surface area contributed by atoms with Gasteiger partial charge in [-0.05, 0) is 13.0 Å². The molecule has 3 N–H and O–H groups in total. The number of phenols is 2. The van der Waals surface area contributed by atoms with E-state index in [1.807, 2.05) is 24.7 Å². The summed E-state index contributed by atoms with van der Waals surface area (Å²) in [5.74, 6) is 1.09. The van der Waals surface area contributed by atoms with Gasteiger partial charge < -0.3 is 20.1 Å². The monoisotopic (exact) mass is 247 g/mol. The third-order valence-electron chi connectivity index (χ3n) is 2.97. The first-order valence-corrected chi connectivity index (χ1v) is 5.79. The Balaban J connectivity index is 2.03. The summed E-state index contributed by atoms with van der Waals surface area (Å²) in [5, 5.41) is 22.3. The number of nitrogens with zero attached hydrogens (tertiary/aromatic N) is 2. The van der Waals surface area contributed by atoms with Crippen molar-refractivity contribution < 1.29 is 10.2 Å². The molecule has 0 saturated carbocycles. The van der Waals surface area contributed by atoms with Crippen LogP contribution in [0.5, 0.6) is 11.5 Å². The van der Waals surface area contributed by atoms with Gasteiger partial charge in [-0.1, -0.05) is 6.07 Å². The predicted molar refractivity (Wildman–Crippen MR) is 68.2 cm³/mol. The lowest BCUT2D eigenvalue weighted by molar-refractivity contribution is 0.434. The molecule has 0 saturated heterocycles. The van der Waals surface area contributed by atoms with Gasteiger partial charge in [-0.3, -0.25) is 0 Å². The van der Waals surface area contributed by atoms with Gasteiger partial charge in [0.15, 0.2) is 0 Å². The average Bonchev–Trinajstić information content (AvgIpc) is 2.72. The molecule has 1 aromatic carbocycles. The maximum Gasteiger partial charge on any atom is 0.124 e. The molecule has 96 valence electrons. The first-order valence-electron chi connectivity index (χ1n) is 5.79. The number of imidazole rings is 1. The van der Waals surface area contributed by atoms with Crippen molar-refractivity contribution in [2.45, 2.75) is 19.5 Å². The molecule has 1 aromatic heterocycles. The van der Waals surface area contributed by atoms with Gasteiger partial charge in [0.25, 0.3) is 0 Å². The van der Waals surface area contributed by atoms with Gasteiger partial charge in [-0.15, -0.1) is 0 Å². The van der Waals surface area contributed by atoms with E-state index in [-0.39, 0.29) is 17.5 Å². The molecule has 1 atom stereocenters. The SMILES string of the molecule is CC(NCc1nccn1C)c1ccc(O)cc1O. The zero-order chi connectivity index (χ0) is 13.1. The Morgan fingerprint density at radius 3 is 2.78 bits per heavy atom. The zero-order valence-electron chi connectivity index (χ0n) is 10.5. The van der Waals surface area contributed by atoms with Crippen LogP contribution in [0.4, 0.5) is 0 Å². The van der Waals surface area contributed by atoms with Crippen molar-refractivity contribution in [2.75, 3.05) is 0 Å². The van der Waals surface area contributed by atoms with Gasteiger partial charge in [0, 0.05) is 37.1 Å². The summed E-state index contributed by atoms with van der Waals surface area (Å²) < 4.78 is 1.94. The average molecular weight is 247 g/mol. The van der Waals surface area contributed by atoms with Crippen LogP contribution in [0.15, 0.2) is 30.6 Å². The standard InChI is InChI=1S/C13H17N3O2/c1-9(11-4-3-10(17)7-12(11)18)15-8-13-14-5-6-16(13)2/h3-7,9,15,17-18H,8H2,1-2H3. The van der Waals surface area contributed by atoms with Crippen LogP contribution >= 0.6 is 0 Å². The van der Waals surface area contributed by atoms with Gasteiger partial charge >= 0.3 is 0 Å². The summed E-state index contributed by atoms with van der Waals surface area (Å²) in [6, 6.07) is 4.59. The van der Waals surface area contributed by atoms with Gasteiger partial charge in [0.05, 0.1) is 6.54 Å². The smallest absolute Gasteiger partial charge is 0.124 e. The number of aromatic hydroxyl groups is 2. The molecular weight excluding hydrogens is 230 g/mol. The summed E-state index contributed by atoms with van der Waals surface area (Å²) >= 11 is 0. The largest absolute Gasteiger partial charge is 0.508 e. The topological polar surface area (TPSA) is 70.3 Å². The third-order valence-corrected chi connectivity index (χ3v) is 2.97. The minimum absolute atomic E-state index is 0.0256. The Morgan fingerprint density at radius 2 is 2.17 bits per heavy atom. The highest BCUT2D eigenvalue weighted by molar-refractivity contribution is 5.40. The number of benzene rings is 1. The van der Waals surface area contributed by atoms with Crippen LogP contribution < -0.4 is 5.32 Å². The van der Waals surface area contributed by atoms with Gasteiger partial charge in [0.2, 0.25) is 0 Å². The van der Waals surface area contributed by atoms with Crippen molar-refractivity contribution in [3.05, 3.63) is 42.0 Å². The molecule has 1 heterocycles. The maximum absolute atomic E-state index is 9.75. The lowest BCUT2D eigenvalue weighted by atomic mass is 10.1. The van der Waals surface area contributed by atoms with Crippen LogP contribution in [0, 0.1) is 0 Å². The van der Waals surface area contributed by atoms with E-state index in [1.165, 1.54) is 6.07 Å². The molecule has 5 heteroatoms. The minimum Gasteiger partial charge on any atom is -0.508 e. The number of nitrogens with one attached hydrogen (secondary N) is 1. The van der Waals surface area contributed by atoms with E-state index in [4.69, 9.17) is 0 Å². The lowest BCUT2D eigenvalue weighted by Crippen LogP contribution is -2.20. The van der Waals surface area contributed by atoms with Crippen LogP contribution in [-0.4, -0.2) is 19.8 Å². The Bertz CT molecular complexity index is 537. The first-order chi connectivity index (χ1) is 8.58. The van der Waals surface area contributed by atoms with E-state index in [0.29, 0.717) is 6.54 Å². The summed E-state index contributed by atoms with van der Waals surface area (Å²) in [7, 11) is 1.94. The van der Waals surface area contributed by atoms with Crippen LogP contribution in [0.3, 0.4) is 0 Å². The zero-order valence-corrected chi connectivity index (χ0v) is 10.5. The number of aryl methyl sites for hydroxylation is 1. The summed E-state index contributed by atoms with van der Waals surface area (Å²) in [6.07, 6.45) is 3.64. The molecule has 0 fully saturated rings. The molecule has 0 aliphatic carbocycles. The maximum atomic E-state index is 9.75. The van der Waals surface area contributed by atoms with Crippen molar-refractivity contribution >= 4 is 0 Å². The van der Waals surface area contributed by atoms with E-state index in [0.717, 1.165) is 11.4 Å². The van der Waals surface area contributed by atoms with E-state index in [2.05, 4.69) is 10.3 Å². The molecular formula is C13H17N3O2. The summed E-state index contributed by atoms with van der Waals surface area (Å²) in [6.45, 7) is 2.57. The van der Waals surface area contributed by atoms with E-state index >= 15 is 0 Å². The predicted octanol–water partition coefficient (Wildman–Crippen LogP) is 1.68. The molecule has 0 aliphatic rings.